The molecule has 0 aromatic carbocycles. The molecule has 0 unspecified atom stereocenters. The summed E-state index contributed by atoms with van der Waals surface area (Å²) in [6.45, 7) is 9.00. The molecule has 0 radical (unpaired) electrons. The number of aliphatic hydroxyl groups excluding tert-OH is 2. The third-order valence-corrected chi connectivity index (χ3v) is 8.34. The first-order valence-corrected chi connectivity index (χ1v) is 11.4. The summed E-state index contributed by atoms with van der Waals surface area (Å²) < 4.78 is 18.0. The van der Waals surface area contributed by atoms with Gasteiger partial charge in [0.2, 0.25) is 0 Å². The number of fused-ring (bicyclic) bond motifs is 3. The van der Waals surface area contributed by atoms with Crippen LogP contribution < -0.4 is 0 Å². The Bertz CT molecular complexity index is 710. The van der Waals surface area contributed by atoms with Crippen LogP contribution in [-0.2, 0) is 19.0 Å². The van der Waals surface area contributed by atoms with Gasteiger partial charge < -0.3 is 24.4 Å². The molecule has 3 fully saturated rings. The van der Waals surface area contributed by atoms with E-state index in [2.05, 4.69) is 19.6 Å². The molecule has 6 nitrogen and oxygen atoms in total. The van der Waals surface area contributed by atoms with Crippen molar-refractivity contribution in [3.8, 4) is 0 Å². The zero-order valence-corrected chi connectivity index (χ0v) is 18.3. The first kappa shape index (κ1) is 22.0. The minimum atomic E-state index is -0.725. The lowest BCUT2D eigenvalue weighted by Gasteiger charge is -2.60. The van der Waals surface area contributed by atoms with Crippen LogP contribution >= 0.6 is 0 Å². The number of carbonyl (C=O) groups excluding carboxylic acids is 1. The summed E-state index contributed by atoms with van der Waals surface area (Å²) in [6, 6.07) is 0. The van der Waals surface area contributed by atoms with Crippen LogP contribution in [0.25, 0.3) is 0 Å². The zero-order chi connectivity index (χ0) is 21.6. The molecule has 0 aromatic heterocycles. The minimum absolute atomic E-state index is 0.00578. The van der Waals surface area contributed by atoms with Gasteiger partial charge in [-0.1, -0.05) is 31.6 Å². The average Bonchev–Trinajstić information content (AvgIpc) is 3.19. The summed E-state index contributed by atoms with van der Waals surface area (Å²) in [5, 5.41) is 21.7. The second-order valence-corrected chi connectivity index (χ2v) is 9.90. The fraction of sp³-hybridized carbons (Fsp3) is 0.792. The number of hydrogen-bond acceptors (Lipinski definition) is 6. The number of aliphatic hydroxyl groups is 2. The number of esters is 1. The van der Waals surface area contributed by atoms with Crippen molar-refractivity contribution in [3.05, 3.63) is 24.3 Å². The number of rotatable bonds is 5. The Hall–Kier alpha value is -1.21. The number of hydrogen-bond donors (Lipinski definition) is 2. The molecule has 2 saturated carbocycles. The monoisotopic (exact) mass is 420 g/mol. The largest absolute Gasteiger partial charge is 0.462 e. The molecule has 4 rings (SSSR count). The molecule has 3 aliphatic carbocycles. The third-order valence-electron chi connectivity index (χ3n) is 8.34. The highest BCUT2D eigenvalue weighted by atomic mass is 16.7. The van der Waals surface area contributed by atoms with Crippen molar-refractivity contribution in [2.75, 3.05) is 19.8 Å². The van der Waals surface area contributed by atoms with E-state index in [4.69, 9.17) is 14.2 Å². The van der Waals surface area contributed by atoms with Gasteiger partial charge in [-0.05, 0) is 37.0 Å². The maximum absolute atomic E-state index is 12.3. The van der Waals surface area contributed by atoms with E-state index in [1.165, 1.54) is 5.57 Å². The van der Waals surface area contributed by atoms with Gasteiger partial charge in [0.15, 0.2) is 5.79 Å². The van der Waals surface area contributed by atoms with Gasteiger partial charge in [-0.15, -0.1) is 6.58 Å². The highest BCUT2D eigenvalue weighted by Gasteiger charge is 2.62. The zero-order valence-electron chi connectivity index (χ0n) is 18.3. The first-order chi connectivity index (χ1) is 14.3. The second-order valence-electron chi connectivity index (χ2n) is 9.90. The van der Waals surface area contributed by atoms with Crippen LogP contribution in [0, 0.1) is 22.7 Å². The van der Waals surface area contributed by atoms with Crippen LogP contribution in [0.4, 0.5) is 0 Å². The van der Waals surface area contributed by atoms with Crippen molar-refractivity contribution in [1.29, 1.82) is 0 Å². The van der Waals surface area contributed by atoms with Gasteiger partial charge in [0.1, 0.15) is 6.10 Å². The van der Waals surface area contributed by atoms with Gasteiger partial charge in [-0.3, -0.25) is 4.79 Å². The quantitative estimate of drug-likeness (QED) is 0.525. The van der Waals surface area contributed by atoms with Crippen molar-refractivity contribution in [2.24, 2.45) is 22.7 Å². The van der Waals surface area contributed by atoms with Crippen LogP contribution in [0.3, 0.4) is 0 Å². The van der Waals surface area contributed by atoms with E-state index in [1.807, 2.05) is 0 Å². The molecule has 1 heterocycles. The minimum Gasteiger partial charge on any atom is -0.462 e. The van der Waals surface area contributed by atoms with E-state index in [0.717, 1.165) is 19.3 Å². The summed E-state index contributed by atoms with van der Waals surface area (Å²) >= 11 is 0. The summed E-state index contributed by atoms with van der Waals surface area (Å²) in [6.07, 6.45) is 7.33. The third kappa shape index (κ3) is 3.36. The maximum Gasteiger partial charge on any atom is 0.305 e. The van der Waals surface area contributed by atoms with Crippen LogP contribution in [0.2, 0.25) is 0 Å². The van der Waals surface area contributed by atoms with Crippen LogP contribution in [0.1, 0.15) is 58.8 Å². The maximum atomic E-state index is 12.3. The molecule has 6 heteroatoms. The van der Waals surface area contributed by atoms with E-state index in [0.29, 0.717) is 38.9 Å². The predicted octanol–water partition coefficient (Wildman–Crippen LogP) is 3.12. The van der Waals surface area contributed by atoms with Crippen molar-refractivity contribution in [3.63, 3.8) is 0 Å². The van der Waals surface area contributed by atoms with Crippen molar-refractivity contribution in [1.82, 2.24) is 0 Å². The fourth-order valence-corrected chi connectivity index (χ4v) is 6.71. The van der Waals surface area contributed by atoms with E-state index < -0.39 is 17.3 Å². The normalized spacial score (nSPS) is 42.2. The molecule has 168 valence electrons. The molecule has 1 spiro atoms. The first-order valence-electron chi connectivity index (χ1n) is 11.4. The SMILES string of the molecule is C=CC[C@]1(CO)C[C@H](OC(=O)CC)[C@@H]2[C@H](CC=C3CC4(CC[C@]32C)OCCO4)[C@@H]1O. The number of carbonyl (C=O) groups is 1. The molecule has 2 N–H and O–H groups in total. The molecule has 0 amide bonds. The van der Waals surface area contributed by atoms with Gasteiger partial charge in [0.05, 0.1) is 25.9 Å². The Kier molecular flexibility index (Phi) is 5.90. The summed E-state index contributed by atoms with van der Waals surface area (Å²) in [7, 11) is 0. The van der Waals surface area contributed by atoms with Gasteiger partial charge in [-0.2, -0.15) is 0 Å². The summed E-state index contributed by atoms with van der Waals surface area (Å²) in [4.78, 5) is 12.3. The van der Waals surface area contributed by atoms with Crippen LogP contribution in [0.15, 0.2) is 24.3 Å². The Morgan fingerprint density at radius 2 is 2.10 bits per heavy atom. The molecule has 30 heavy (non-hydrogen) atoms. The van der Waals surface area contributed by atoms with E-state index in [1.54, 1.807) is 13.0 Å². The lowest BCUT2D eigenvalue weighted by molar-refractivity contribution is -0.213. The summed E-state index contributed by atoms with van der Waals surface area (Å²) in [5.74, 6) is -0.811. The smallest absolute Gasteiger partial charge is 0.305 e. The number of allylic oxidation sites excluding steroid dienone is 2. The lowest BCUT2D eigenvalue weighted by Crippen LogP contribution is -2.61. The van der Waals surface area contributed by atoms with Crippen molar-refractivity contribution >= 4 is 5.97 Å². The molecular weight excluding hydrogens is 384 g/mol. The van der Waals surface area contributed by atoms with Gasteiger partial charge in [0.25, 0.3) is 0 Å². The highest BCUT2D eigenvalue weighted by molar-refractivity contribution is 5.69. The van der Waals surface area contributed by atoms with Crippen LogP contribution in [0.5, 0.6) is 0 Å². The van der Waals surface area contributed by atoms with Crippen molar-refractivity contribution in [2.45, 2.75) is 76.8 Å². The lowest BCUT2D eigenvalue weighted by atomic mass is 9.48. The summed E-state index contributed by atoms with van der Waals surface area (Å²) in [5.41, 5.74) is 0.373. The van der Waals surface area contributed by atoms with E-state index in [9.17, 15) is 15.0 Å². The van der Waals surface area contributed by atoms with Crippen molar-refractivity contribution < 1.29 is 29.2 Å². The molecule has 1 saturated heterocycles. The number of ether oxygens (including phenoxy) is 3. The predicted molar refractivity (Wildman–Crippen MR) is 111 cm³/mol. The molecule has 1 aliphatic heterocycles. The molecule has 4 aliphatic rings. The molecular formula is C24H36O6. The standard InChI is InChI=1S/C24H36O6/c1-4-8-23(15-25)14-18(30-19(26)5-2)20-17(21(23)27)7-6-16-13-24(28-11-12-29-24)10-9-22(16,20)3/h4,6,17-18,20-21,25,27H,1,5,7-15H2,2-3H3/t17-,18-,20-,21-,22+,23+/m0/s1. The van der Waals surface area contributed by atoms with E-state index in [-0.39, 0.29) is 35.9 Å². The van der Waals surface area contributed by atoms with Gasteiger partial charge in [-0.25, -0.2) is 0 Å². The van der Waals surface area contributed by atoms with Crippen LogP contribution in [-0.4, -0.2) is 54.0 Å². The highest BCUT2D eigenvalue weighted by Crippen LogP contribution is 2.62. The molecule has 0 bridgehead atoms. The average molecular weight is 421 g/mol. The van der Waals surface area contributed by atoms with Gasteiger partial charge >= 0.3 is 5.97 Å². The second kappa shape index (κ2) is 8.05. The van der Waals surface area contributed by atoms with Gasteiger partial charge in [0, 0.05) is 30.6 Å². The molecule has 0 aromatic rings. The Labute approximate surface area is 179 Å². The Morgan fingerprint density at radius 1 is 1.37 bits per heavy atom. The fourth-order valence-electron chi connectivity index (χ4n) is 6.71. The topological polar surface area (TPSA) is 85.2 Å². The Balaban J connectivity index is 1.71. The Morgan fingerprint density at radius 3 is 2.73 bits per heavy atom. The molecule has 6 atom stereocenters. The van der Waals surface area contributed by atoms with E-state index >= 15 is 0 Å².